The molecule has 19 heavy (non-hydrogen) atoms. The first-order chi connectivity index (χ1) is 8.91. The first kappa shape index (κ1) is 14.3. The molecule has 104 valence electrons. The van der Waals surface area contributed by atoms with Crippen LogP contribution in [0.5, 0.6) is 0 Å². The Balaban J connectivity index is 2.06. The lowest BCUT2D eigenvalue weighted by molar-refractivity contribution is 0.0635. The summed E-state index contributed by atoms with van der Waals surface area (Å²) in [7, 11) is 1.87. The Bertz CT molecular complexity index is 463. The highest BCUT2D eigenvalue weighted by Crippen LogP contribution is 2.37. The quantitative estimate of drug-likeness (QED) is 0.773. The van der Waals surface area contributed by atoms with Crippen molar-refractivity contribution in [1.29, 1.82) is 0 Å². The fourth-order valence-electron chi connectivity index (χ4n) is 2.67. The monoisotopic (exact) mass is 280 g/mol. The summed E-state index contributed by atoms with van der Waals surface area (Å²) < 4.78 is 0. The lowest BCUT2D eigenvalue weighted by atomic mass is 9.75. The summed E-state index contributed by atoms with van der Waals surface area (Å²) in [6.45, 7) is 4.59. The van der Waals surface area contributed by atoms with E-state index in [0.29, 0.717) is 17.0 Å². The third kappa shape index (κ3) is 3.27. The fourth-order valence-corrected chi connectivity index (χ4v) is 2.87. The van der Waals surface area contributed by atoms with E-state index in [4.69, 9.17) is 11.6 Å². The number of amides is 1. The summed E-state index contributed by atoms with van der Waals surface area (Å²) in [5.41, 5.74) is 0.906. The Morgan fingerprint density at radius 2 is 2.05 bits per heavy atom. The molecule has 1 fully saturated rings. The second kappa shape index (κ2) is 5.49. The molecule has 0 radical (unpaired) electrons. The van der Waals surface area contributed by atoms with Crippen LogP contribution in [0.15, 0.2) is 18.3 Å². The van der Waals surface area contributed by atoms with Crippen molar-refractivity contribution in [2.75, 3.05) is 7.05 Å². The maximum absolute atomic E-state index is 12.4. The molecule has 0 atom stereocenters. The van der Waals surface area contributed by atoms with Gasteiger partial charge in [0.2, 0.25) is 0 Å². The van der Waals surface area contributed by atoms with Gasteiger partial charge in [0.15, 0.2) is 0 Å². The first-order valence-corrected chi connectivity index (χ1v) is 7.16. The molecular formula is C15H21ClN2O. The van der Waals surface area contributed by atoms with Gasteiger partial charge in [0.05, 0.1) is 5.56 Å². The smallest absolute Gasteiger partial charge is 0.256 e. The van der Waals surface area contributed by atoms with Gasteiger partial charge in [-0.15, -0.1) is 0 Å². The predicted molar refractivity (Wildman–Crippen MR) is 77.4 cm³/mol. The second-order valence-electron chi connectivity index (χ2n) is 6.15. The number of hydrogen-bond donors (Lipinski definition) is 0. The molecule has 0 unspecified atom stereocenters. The zero-order valence-corrected chi connectivity index (χ0v) is 12.6. The molecule has 1 amide bonds. The standard InChI is InChI=1S/C15H21ClN2O/c1-15(2)8-6-11(7-9-15)18(3)14(19)12-5-4-10-17-13(12)16/h4-5,10-11H,6-9H2,1-3H3. The van der Waals surface area contributed by atoms with Crippen molar-refractivity contribution >= 4 is 17.5 Å². The van der Waals surface area contributed by atoms with E-state index >= 15 is 0 Å². The molecule has 0 saturated heterocycles. The average molecular weight is 281 g/mol. The lowest BCUT2D eigenvalue weighted by Gasteiger charge is -2.38. The van der Waals surface area contributed by atoms with Crippen LogP contribution in [0.25, 0.3) is 0 Å². The van der Waals surface area contributed by atoms with E-state index in [2.05, 4.69) is 18.8 Å². The highest BCUT2D eigenvalue weighted by atomic mass is 35.5. The third-order valence-corrected chi connectivity index (χ3v) is 4.47. The zero-order chi connectivity index (χ0) is 14.0. The van der Waals surface area contributed by atoms with Crippen LogP contribution in [0.3, 0.4) is 0 Å². The number of halogens is 1. The number of pyridine rings is 1. The normalized spacial score (nSPS) is 19.2. The molecule has 0 N–H and O–H groups in total. The minimum Gasteiger partial charge on any atom is -0.339 e. The van der Waals surface area contributed by atoms with Crippen LogP contribution in [0.2, 0.25) is 5.15 Å². The number of carbonyl (C=O) groups excluding carboxylic acids is 1. The maximum Gasteiger partial charge on any atom is 0.256 e. The molecule has 0 spiro atoms. The van der Waals surface area contributed by atoms with Gasteiger partial charge in [0.1, 0.15) is 5.15 Å². The summed E-state index contributed by atoms with van der Waals surface area (Å²) in [4.78, 5) is 18.2. The molecule has 3 nitrogen and oxygen atoms in total. The summed E-state index contributed by atoms with van der Waals surface area (Å²) in [5.74, 6) is -0.0252. The summed E-state index contributed by atoms with van der Waals surface area (Å²) >= 11 is 5.99. The predicted octanol–water partition coefficient (Wildman–Crippen LogP) is 3.78. The molecule has 1 aliphatic carbocycles. The van der Waals surface area contributed by atoms with Crippen molar-refractivity contribution in [3.63, 3.8) is 0 Å². The Morgan fingerprint density at radius 3 is 2.63 bits per heavy atom. The SMILES string of the molecule is CN(C(=O)c1cccnc1Cl)C1CCC(C)(C)CC1. The van der Waals surface area contributed by atoms with E-state index in [-0.39, 0.29) is 11.1 Å². The van der Waals surface area contributed by atoms with Gasteiger partial charge in [0, 0.05) is 19.3 Å². The van der Waals surface area contributed by atoms with Crippen molar-refractivity contribution in [3.05, 3.63) is 29.0 Å². The molecule has 1 heterocycles. The molecular weight excluding hydrogens is 260 g/mol. The van der Waals surface area contributed by atoms with E-state index in [9.17, 15) is 4.79 Å². The molecule has 0 aromatic carbocycles. The van der Waals surface area contributed by atoms with Crippen LogP contribution < -0.4 is 0 Å². The fraction of sp³-hybridized carbons (Fsp3) is 0.600. The van der Waals surface area contributed by atoms with E-state index in [1.165, 1.54) is 0 Å². The summed E-state index contributed by atoms with van der Waals surface area (Å²) in [6.07, 6.45) is 6.05. The van der Waals surface area contributed by atoms with E-state index in [1.807, 2.05) is 11.9 Å². The first-order valence-electron chi connectivity index (χ1n) is 6.78. The third-order valence-electron chi connectivity index (χ3n) is 4.17. The van der Waals surface area contributed by atoms with Gasteiger partial charge in [-0.25, -0.2) is 4.98 Å². The molecule has 1 aromatic rings. The zero-order valence-electron chi connectivity index (χ0n) is 11.8. The Hall–Kier alpha value is -1.09. The molecule has 2 rings (SSSR count). The Labute approximate surface area is 120 Å². The van der Waals surface area contributed by atoms with Gasteiger partial charge in [-0.2, -0.15) is 0 Å². The number of nitrogens with zero attached hydrogens (tertiary/aromatic N) is 2. The van der Waals surface area contributed by atoms with Crippen molar-refractivity contribution in [3.8, 4) is 0 Å². The Morgan fingerprint density at radius 1 is 1.42 bits per heavy atom. The number of hydrogen-bond acceptors (Lipinski definition) is 2. The van der Waals surface area contributed by atoms with Gasteiger partial charge < -0.3 is 4.90 Å². The van der Waals surface area contributed by atoms with Crippen molar-refractivity contribution in [2.24, 2.45) is 5.41 Å². The van der Waals surface area contributed by atoms with E-state index in [0.717, 1.165) is 25.7 Å². The van der Waals surface area contributed by atoms with E-state index in [1.54, 1.807) is 18.3 Å². The largest absolute Gasteiger partial charge is 0.339 e. The van der Waals surface area contributed by atoms with Gasteiger partial charge in [-0.1, -0.05) is 25.4 Å². The Kier molecular flexibility index (Phi) is 4.14. The lowest BCUT2D eigenvalue weighted by Crippen LogP contribution is -2.41. The van der Waals surface area contributed by atoms with Gasteiger partial charge in [-0.05, 0) is 43.2 Å². The average Bonchev–Trinajstić information content (AvgIpc) is 2.38. The number of aromatic nitrogens is 1. The number of rotatable bonds is 2. The molecule has 4 heteroatoms. The second-order valence-corrected chi connectivity index (χ2v) is 6.51. The highest BCUT2D eigenvalue weighted by molar-refractivity contribution is 6.32. The minimum atomic E-state index is -0.0252. The highest BCUT2D eigenvalue weighted by Gasteiger charge is 2.31. The van der Waals surface area contributed by atoms with Crippen molar-refractivity contribution in [2.45, 2.75) is 45.6 Å². The van der Waals surface area contributed by atoms with Crippen molar-refractivity contribution in [1.82, 2.24) is 9.88 Å². The topological polar surface area (TPSA) is 33.2 Å². The van der Waals surface area contributed by atoms with Crippen LogP contribution in [-0.4, -0.2) is 28.9 Å². The summed E-state index contributed by atoms with van der Waals surface area (Å²) in [6, 6.07) is 3.80. The van der Waals surface area contributed by atoms with Gasteiger partial charge >= 0.3 is 0 Å². The molecule has 1 aromatic heterocycles. The molecule has 1 aliphatic rings. The van der Waals surface area contributed by atoms with E-state index < -0.39 is 0 Å². The van der Waals surface area contributed by atoms with Crippen LogP contribution >= 0.6 is 11.6 Å². The van der Waals surface area contributed by atoms with Crippen LogP contribution in [0.1, 0.15) is 49.9 Å². The molecule has 1 saturated carbocycles. The van der Waals surface area contributed by atoms with Gasteiger partial charge in [-0.3, -0.25) is 4.79 Å². The molecule has 0 aliphatic heterocycles. The minimum absolute atomic E-state index is 0.0252. The molecule has 0 bridgehead atoms. The van der Waals surface area contributed by atoms with Crippen LogP contribution in [0, 0.1) is 5.41 Å². The van der Waals surface area contributed by atoms with Crippen LogP contribution in [-0.2, 0) is 0 Å². The summed E-state index contributed by atoms with van der Waals surface area (Å²) in [5, 5.41) is 0.287. The maximum atomic E-state index is 12.4. The van der Waals surface area contributed by atoms with Crippen LogP contribution in [0.4, 0.5) is 0 Å². The van der Waals surface area contributed by atoms with Crippen molar-refractivity contribution < 1.29 is 4.79 Å². The van der Waals surface area contributed by atoms with Gasteiger partial charge in [0.25, 0.3) is 5.91 Å². The number of carbonyl (C=O) groups is 1.